The third-order valence-corrected chi connectivity index (χ3v) is 4.66. The van der Waals surface area contributed by atoms with E-state index in [1.165, 1.54) is 38.2 Å². The molecule has 0 radical (unpaired) electrons. The predicted molar refractivity (Wildman–Crippen MR) is 83.9 cm³/mol. The fourth-order valence-corrected chi connectivity index (χ4v) is 3.24. The third kappa shape index (κ3) is 5.65. The molecule has 0 heterocycles. The zero-order chi connectivity index (χ0) is 16.9. The smallest absolute Gasteiger partial charge is 0.321 e. The van der Waals surface area contributed by atoms with Gasteiger partial charge < -0.3 is 5.73 Å². The molecule has 23 heavy (non-hydrogen) atoms. The molecule has 2 N–H and O–H groups in total. The van der Waals surface area contributed by atoms with Crippen molar-refractivity contribution in [2.24, 2.45) is 11.7 Å². The SMILES string of the molecule is NC(CCC1CCCCC1)C(=O)Cc1cccc(C(F)(F)F)c1. The number of alkyl halides is 3. The number of benzene rings is 1. The zero-order valence-electron chi connectivity index (χ0n) is 13.2. The van der Waals surface area contributed by atoms with Crippen LogP contribution in [0.2, 0.25) is 0 Å². The van der Waals surface area contributed by atoms with Gasteiger partial charge in [-0.25, -0.2) is 0 Å². The maximum Gasteiger partial charge on any atom is 0.416 e. The summed E-state index contributed by atoms with van der Waals surface area (Å²) in [5.41, 5.74) is 5.58. The molecule has 0 aliphatic heterocycles. The second kappa shape index (κ2) is 7.95. The van der Waals surface area contributed by atoms with Gasteiger partial charge in [0.1, 0.15) is 0 Å². The van der Waals surface area contributed by atoms with E-state index < -0.39 is 17.8 Å². The average molecular weight is 327 g/mol. The van der Waals surface area contributed by atoms with E-state index in [1.54, 1.807) is 6.07 Å². The lowest BCUT2D eigenvalue weighted by atomic mass is 9.84. The van der Waals surface area contributed by atoms with E-state index in [0.717, 1.165) is 18.6 Å². The first kappa shape index (κ1) is 18.0. The Labute approximate surface area is 135 Å². The lowest BCUT2D eigenvalue weighted by molar-refractivity contribution is -0.137. The lowest BCUT2D eigenvalue weighted by Gasteiger charge is -2.22. The third-order valence-electron chi connectivity index (χ3n) is 4.66. The molecule has 1 aliphatic rings. The lowest BCUT2D eigenvalue weighted by Crippen LogP contribution is -2.32. The van der Waals surface area contributed by atoms with Gasteiger partial charge >= 0.3 is 6.18 Å². The van der Waals surface area contributed by atoms with Crippen LogP contribution in [0.1, 0.15) is 56.1 Å². The summed E-state index contributed by atoms with van der Waals surface area (Å²) in [6.45, 7) is 0. The molecule has 1 unspecified atom stereocenters. The van der Waals surface area contributed by atoms with Crippen LogP contribution in [0.5, 0.6) is 0 Å². The van der Waals surface area contributed by atoms with Crippen LogP contribution in [0.15, 0.2) is 24.3 Å². The van der Waals surface area contributed by atoms with Gasteiger partial charge in [0.25, 0.3) is 0 Å². The summed E-state index contributed by atoms with van der Waals surface area (Å²) in [5, 5.41) is 0. The summed E-state index contributed by atoms with van der Waals surface area (Å²) in [5.74, 6) is 0.469. The van der Waals surface area contributed by atoms with Crippen LogP contribution in [0.25, 0.3) is 0 Å². The molecule has 1 aromatic carbocycles. The summed E-state index contributed by atoms with van der Waals surface area (Å²) < 4.78 is 38.0. The number of carbonyl (C=O) groups is 1. The highest BCUT2D eigenvalue weighted by Gasteiger charge is 2.30. The van der Waals surface area contributed by atoms with Crippen molar-refractivity contribution in [2.45, 2.75) is 63.6 Å². The minimum atomic E-state index is -4.39. The van der Waals surface area contributed by atoms with E-state index in [4.69, 9.17) is 5.73 Å². The molecule has 0 spiro atoms. The molecule has 2 rings (SSSR count). The van der Waals surface area contributed by atoms with Crippen LogP contribution in [0, 0.1) is 5.92 Å². The van der Waals surface area contributed by atoms with Gasteiger partial charge in [0.2, 0.25) is 0 Å². The predicted octanol–water partition coefficient (Wildman–Crippen LogP) is 4.50. The number of hydrogen-bond acceptors (Lipinski definition) is 2. The summed E-state index contributed by atoms with van der Waals surface area (Å²) in [6, 6.07) is 4.34. The maximum absolute atomic E-state index is 12.7. The summed E-state index contributed by atoms with van der Waals surface area (Å²) in [7, 11) is 0. The molecule has 128 valence electrons. The van der Waals surface area contributed by atoms with Crippen molar-refractivity contribution in [3.63, 3.8) is 0 Å². The number of Topliss-reactive ketones (excluding diaryl/α,β-unsaturated/α-hetero) is 1. The Bertz CT molecular complexity index is 521. The molecule has 1 fully saturated rings. The Morgan fingerprint density at radius 3 is 2.57 bits per heavy atom. The molecule has 0 bridgehead atoms. The highest BCUT2D eigenvalue weighted by molar-refractivity contribution is 5.85. The minimum absolute atomic E-state index is 0.0320. The number of rotatable bonds is 6. The van der Waals surface area contributed by atoms with Gasteiger partial charge in [-0.05, 0) is 30.4 Å². The van der Waals surface area contributed by atoms with Gasteiger partial charge in [0, 0.05) is 6.42 Å². The Morgan fingerprint density at radius 2 is 1.91 bits per heavy atom. The van der Waals surface area contributed by atoms with Crippen LogP contribution >= 0.6 is 0 Å². The van der Waals surface area contributed by atoms with Gasteiger partial charge in [0.05, 0.1) is 11.6 Å². The van der Waals surface area contributed by atoms with Gasteiger partial charge in [-0.1, -0.05) is 50.3 Å². The number of hydrogen-bond donors (Lipinski definition) is 1. The first-order chi connectivity index (χ1) is 10.9. The van der Waals surface area contributed by atoms with Crippen molar-refractivity contribution >= 4 is 5.78 Å². The van der Waals surface area contributed by atoms with Crippen molar-refractivity contribution < 1.29 is 18.0 Å². The molecular weight excluding hydrogens is 303 g/mol. The molecule has 1 aromatic rings. The van der Waals surface area contributed by atoms with Gasteiger partial charge in [-0.2, -0.15) is 13.2 Å². The summed E-state index contributed by atoms with van der Waals surface area (Å²) in [4.78, 5) is 12.1. The van der Waals surface area contributed by atoms with Crippen LogP contribution in [0.4, 0.5) is 13.2 Å². The fourth-order valence-electron chi connectivity index (χ4n) is 3.24. The van der Waals surface area contributed by atoms with Crippen LogP contribution in [0.3, 0.4) is 0 Å². The highest BCUT2D eigenvalue weighted by atomic mass is 19.4. The van der Waals surface area contributed by atoms with Crippen molar-refractivity contribution in [3.05, 3.63) is 35.4 Å². The molecular formula is C18H24F3NO. The zero-order valence-corrected chi connectivity index (χ0v) is 13.2. The molecule has 0 saturated heterocycles. The Morgan fingerprint density at radius 1 is 1.22 bits per heavy atom. The number of nitrogens with two attached hydrogens (primary N) is 1. The molecule has 1 saturated carbocycles. The molecule has 0 aromatic heterocycles. The Hall–Kier alpha value is -1.36. The number of halogens is 3. The van der Waals surface area contributed by atoms with Gasteiger partial charge in [-0.15, -0.1) is 0 Å². The second-order valence-corrected chi connectivity index (χ2v) is 6.53. The number of ketones is 1. The van der Waals surface area contributed by atoms with E-state index in [-0.39, 0.29) is 12.2 Å². The monoisotopic (exact) mass is 327 g/mol. The minimum Gasteiger partial charge on any atom is -0.321 e. The standard InChI is InChI=1S/C18H24F3NO/c19-18(20,21)15-8-4-7-14(11-15)12-17(23)16(22)10-9-13-5-2-1-3-6-13/h4,7-8,11,13,16H,1-3,5-6,9-10,12,22H2. The van der Waals surface area contributed by atoms with Crippen LogP contribution in [-0.2, 0) is 17.4 Å². The average Bonchev–Trinajstić information content (AvgIpc) is 2.53. The van der Waals surface area contributed by atoms with Gasteiger partial charge in [-0.3, -0.25) is 4.79 Å². The summed E-state index contributed by atoms with van der Waals surface area (Å²) >= 11 is 0. The summed E-state index contributed by atoms with van der Waals surface area (Å²) in [6.07, 6.45) is 3.34. The molecule has 1 aliphatic carbocycles. The van der Waals surface area contributed by atoms with Crippen molar-refractivity contribution in [1.82, 2.24) is 0 Å². The van der Waals surface area contributed by atoms with Crippen LogP contribution in [-0.4, -0.2) is 11.8 Å². The van der Waals surface area contributed by atoms with E-state index in [0.29, 0.717) is 17.9 Å². The van der Waals surface area contributed by atoms with Crippen LogP contribution < -0.4 is 5.73 Å². The van der Waals surface area contributed by atoms with E-state index in [2.05, 4.69) is 0 Å². The van der Waals surface area contributed by atoms with Crippen molar-refractivity contribution in [1.29, 1.82) is 0 Å². The highest BCUT2D eigenvalue weighted by Crippen LogP contribution is 2.30. The second-order valence-electron chi connectivity index (χ2n) is 6.53. The molecule has 1 atom stereocenters. The molecule has 5 heteroatoms. The van der Waals surface area contributed by atoms with Crippen molar-refractivity contribution in [2.75, 3.05) is 0 Å². The maximum atomic E-state index is 12.7. The first-order valence-corrected chi connectivity index (χ1v) is 8.30. The molecule has 2 nitrogen and oxygen atoms in total. The topological polar surface area (TPSA) is 43.1 Å². The molecule has 0 amide bonds. The van der Waals surface area contributed by atoms with Crippen molar-refractivity contribution in [3.8, 4) is 0 Å². The normalized spacial score (nSPS) is 17.9. The number of carbonyl (C=O) groups excluding carboxylic acids is 1. The Kier molecular flexibility index (Phi) is 6.22. The Balaban J connectivity index is 1.85. The van der Waals surface area contributed by atoms with E-state index in [9.17, 15) is 18.0 Å². The van der Waals surface area contributed by atoms with E-state index >= 15 is 0 Å². The van der Waals surface area contributed by atoms with E-state index in [1.807, 2.05) is 0 Å². The first-order valence-electron chi connectivity index (χ1n) is 8.30. The largest absolute Gasteiger partial charge is 0.416 e. The van der Waals surface area contributed by atoms with Gasteiger partial charge in [0.15, 0.2) is 5.78 Å². The fraction of sp³-hybridized carbons (Fsp3) is 0.611. The quantitative estimate of drug-likeness (QED) is 0.835.